The van der Waals surface area contributed by atoms with Crippen molar-refractivity contribution in [2.75, 3.05) is 32.7 Å². The van der Waals surface area contributed by atoms with Crippen molar-refractivity contribution in [3.8, 4) is 0 Å². The van der Waals surface area contributed by atoms with Crippen molar-refractivity contribution in [1.29, 1.82) is 0 Å². The lowest BCUT2D eigenvalue weighted by Gasteiger charge is -2.36. The average molecular weight is 239 g/mol. The SMILES string of the molecule is CC(CCCN)C(=O)N1CCN(C2CC2)CC1. The standard InChI is InChI=1S/C13H25N3O/c1-11(3-2-6-14)13(17)16-9-7-15(8-10-16)12-4-5-12/h11-12H,2-10,14H2,1H3. The highest BCUT2D eigenvalue weighted by atomic mass is 16.2. The van der Waals surface area contributed by atoms with Crippen LogP contribution in [-0.2, 0) is 4.79 Å². The Balaban J connectivity index is 1.73. The van der Waals surface area contributed by atoms with E-state index < -0.39 is 0 Å². The molecule has 1 aliphatic carbocycles. The summed E-state index contributed by atoms with van der Waals surface area (Å²) in [5.74, 6) is 0.472. The zero-order valence-electron chi connectivity index (χ0n) is 10.9. The zero-order chi connectivity index (χ0) is 12.3. The molecule has 1 heterocycles. The van der Waals surface area contributed by atoms with Crippen molar-refractivity contribution in [3.05, 3.63) is 0 Å². The second-order valence-electron chi connectivity index (χ2n) is 5.42. The van der Waals surface area contributed by atoms with Gasteiger partial charge in [-0.25, -0.2) is 0 Å². The number of hydrogen-bond donors (Lipinski definition) is 1. The average Bonchev–Trinajstić information content (AvgIpc) is 3.19. The maximum absolute atomic E-state index is 12.2. The van der Waals surface area contributed by atoms with Crippen molar-refractivity contribution < 1.29 is 4.79 Å². The number of amides is 1. The van der Waals surface area contributed by atoms with Gasteiger partial charge in [-0.15, -0.1) is 0 Å². The number of hydrogen-bond acceptors (Lipinski definition) is 3. The lowest BCUT2D eigenvalue weighted by Crippen LogP contribution is -2.50. The van der Waals surface area contributed by atoms with Crippen LogP contribution in [0.3, 0.4) is 0 Å². The summed E-state index contributed by atoms with van der Waals surface area (Å²) in [7, 11) is 0. The van der Waals surface area contributed by atoms with Crippen LogP contribution in [0, 0.1) is 5.92 Å². The number of piperazine rings is 1. The molecule has 1 aliphatic heterocycles. The fraction of sp³-hybridized carbons (Fsp3) is 0.923. The molecule has 1 saturated carbocycles. The molecule has 2 fully saturated rings. The Kier molecular flexibility index (Phi) is 4.40. The molecule has 17 heavy (non-hydrogen) atoms. The van der Waals surface area contributed by atoms with Gasteiger partial charge in [-0.05, 0) is 32.2 Å². The van der Waals surface area contributed by atoms with Gasteiger partial charge in [0.2, 0.25) is 5.91 Å². The van der Waals surface area contributed by atoms with Gasteiger partial charge >= 0.3 is 0 Å². The van der Waals surface area contributed by atoms with E-state index in [-0.39, 0.29) is 5.92 Å². The minimum atomic E-state index is 0.144. The molecule has 0 bridgehead atoms. The van der Waals surface area contributed by atoms with Crippen LogP contribution in [-0.4, -0.2) is 54.5 Å². The van der Waals surface area contributed by atoms with E-state index in [0.717, 1.165) is 45.1 Å². The largest absolute Gasteiger partial charge is 0.340 e. The van der Waals surface area contributed by atoms with Crippen LogP contribution in [0.2, 0.25) is 0 Å². The van der Waals surface area contributed by atoms with E-state index in [2.05, 4.69) is 4.90 Å². The Morgan fingerprint density at radius 2 is 1.94 bits per heavy atom. The van der Waals surface area contributed by atoms with Gasteiger partial charge in [-0.2, -0.15) is 0 Å². The first kappa shape index (κ1) is 12.8. The van der Waals surface area contributed by atoms with E-state index in [4.69, 9.17) is 5.73 Å². The molecule has 0 aromatic rings. The molecule has 2 N–H and O–H groups in total. The van der Waals surface area contributed by atoms with E-state index in [9.17, 15) is 4.79 Å². The minimum Gasteiger partial charge on any atom is -0.340 e. The molecule has 4 nitrogen and oxygen atoms in total. The van der Waals surface area contributed by atoms with E-state index in [1.54, 1.807) is 0 Å². The van der Waals surface area contributed by atoms with Gasteiger partial charge in [-0.3, -0.25) is 9.69 Å². The van der Waals surface area contributed by atoms with Gasteiger partial charge in [0.05, 0.1) is 0 Å². The van der Waals surface area contributed by atoms with Crippen molar-refractivity contribution in [3.63, 3.8) is 0 Å². The Hall–Kier alpha value is -0.610. The van der Waals surface area contributed by atoms with Gasteiger partial charge in [-0.1, -0.05) is 6.92 Å². The van der Waals surface area contributed by atoms with E-state index in [1.165, 1.54) is 12.8 Å². The molecule has 4 heteroatoms. The van der Waals surface area contributed by atoms with Gasteiger partial charge in [0.15, 0.2) is 0 Å². The number of nitrogens with two attached hydrogens (primary N) is 1. The Labute approximate surface area is 104 Å². The maximum Gasteiger partial charge on any atom is 0.225 e. The van der Waals surface area contributed by atoms with Crippen LogP contribution in [0.4, 0.5) is 0 Å². The summed E-state index contributed by atoms with van der Waals surface area (Å²) in [5, 5.41) is 0. The summed E-state index contributed by atoms with van der Waals surface area (Å²) < 4.78 is 0. The third-order valence-electron chi connectivity index (χ3n) is 3.95. The normalized spacial score (nSPS) is 23.8. The van der Waals surface area contributed by atoms with Gasteiger partial charge < -0.3 is 10.6 Å². The molecule has 1 unspecified atom stereocenters. The molecule has 2 rings (SSSR count). The summed E-state index contributed by atoms with van der Waals surface area (Å²) in [6, 6.07) is 0.835. The first-order chi connectivity index (χ1) is 8.22. The molecular formula is C13H25N3O. The van der Waals surface area contributed by atoms with Gasteiger partial charge in [0, 0.05) is 38.1 Å². The quantitative estimate of drug-likeness (QED) is 0.767. The summed E-state index contributed by atoms with van der Waals surface area (Å²) in [5.41, 5.74) is 5.48. The predicted octanol–water partition coefficient (Wildman–Crippen LogP) is 0.668. The molecule has 1 amide bonds. The summed E-state index contributed by atoms with van der Waals surface area (Å²) in [6.07, 6.45) is 4.61. The van der Waals surface area contributed by atoms with Crippen LogP contribution < -0.4 is 5.73 Å². The third-order valence-corrected chi connectivity index (χ3v) is 3.95. The Morgan fingerprint density at radius 3 is 2.47 bits per heavy atom. The highest BCUT2D eigenvalue weighted by Gasteiger charge is 2.32. The molecule has 0 aromatic heterocycles. The summed E-state index contributed by atoms with van der Waals surface area (Å²) in [6.45, 7) is 6.70. The monoisotopic (exact) mass is 239 g/mol. The topological polar surface area (TPSA) is 49.6 Å². The maximum atomic E-state index is 12.2. The number of carbonyl (C=O) groups is 1. The Bertz CT molecular complexity index is 257. The van der Waals surface area contributed by atoms with E-state index in [0.29, 0.717) is 12.5 Å². The van der Waals surface area contributed by atoms with E-state index in [1.807, 2.05) is 11.8 Å². The van der Waals surface area contributed by atoms with Crippen LogP contribution >= 0.6 is 0 Å². The number of rotatable bonds is 5. The van der Waals surface area contributed by atoms with E-state index >= 15 is 0 Å². The molecule has 0 spiro atoms. The highest BCUT2D eigenvalue weighted by Crippen LogP contribution is 2.27. The summed E-state index contributed by atoms with van der Waals surface area (Å²) >= 11 is 0. The first-order valence-electron chi connectivity index (χ1n) is 6.95. The highest BCUT2D eigenvalue weighted by molar-refractivity contribution is 5.78. The Morgan fingerprint density at radius 1 is 1.29 bits per heavy atom. The second-order valence-corrected chi connectivity index (χ2v) is 5.42. The minimum absolute atomic E-state index is 0.144. The number of nitrogens with zero attached hydrogens (tertiary/aromatic N) is 2. The molecule has 1 saturated heterocycles. The summed E-state index contributed by atoms with van der Waals surface area (Å²) in [4.78, 5) is 16.7. The zero-order valence-corrected chi connectivity index (χ0v) is 10.9. The lowest BCUT2D eigenvalue weighted by atomic mass is 10.0. The number of carbonyl (C=O) groups excluding carboxylic acids is 1. The van der Waals surface area contributed by atoms with Crippen molar-refractivity contribution >= 4 is 5.91 Å². The molecule has 98 valence electrons. The fourth-order valence-corrected chi connectivity index (χ4v) is 2.61. The van der Waals surface area contributed by atoms with Crippen molar-refractivity contribution in [1.82, 2.24) is 9.80 Å². The first-order valence-corrected chi connectivity index (χ1v) is 6.95. The van der Waals surface area contributed by atoms with Crippen molar-refractivity contribution in [2.45, 2.75) is 38.6 Å². The van der Waals surface area contributed by atoms with Gasteiger partial charge in [0.25, 0.3) is 0 Å². The second kappa shape index (κ2) is 5.83. The lowest BCUT2D eigenvalue weighted by molar-refractivity contribution is -0.137. The molecule has 0 aromatic carbocycles. The molecule has 2 aliphatic rings. The smallest absolute Gasteiger partial charge is 0.225 e. The van der Waals surface area contributed by atoms with Crippen LogP contribution in [0.25, 0.3) is 0 Å². The fourth-order valence-electron chi connectivity index (χ4n) is 2.61. The molecular weight excluding hydrogens is 214 g/mol. The van der Waals surface area contributed by atoms with Gasteiger partial charge in [0.1, 0.15) is 0 Å². The van der Waals surface area contributed by atoms with Crippen LogP contribution in [0.5, 0.6) is 0 Å². The molecule has 0 radical (unpaired) electrons. The van der Waals surface area contributed by atoms with Crippen molar-refractivity contribution in [2.24, 2.45) is 11.7 Å². The third kappa shape index (κ3) is 3.42. The predicted molar refractivity (Wildman–Crippen MR) is 68.6 cm³/mol. The molecule has 1 atom stereocenters. The van der Waals surface area contributed by atoms with Crippen LogP contribution in [0.1, 0.15) is 32.6 Å². The van der Waals surface area contributed by atoms with Crippen LogP contribution in [0.15, 0.2) is 0 Å².